The van der Waals surface area contributed by atoms with Gasteiger partial charge in [0.25, 0.3) is 0 Å². The molecule has 4 N–H and O–H groups in total. The summed E-state index contributed by atoms with van der Waals surface area (Å²) in [6.45, 7) is 3.85. The largest absolute Gasteiger partial charge is 0.366 e. The number of nitrogens with two attached hydrogens (primary N) is 1. The van der Waals surface area contributed by atoms with Gasteiger partial charge in [0.15, 0.2) is 5.96 Å². The van der Waals surface area contributed by atoms with Crippen LogP contribution in [0, 0.1) is 0 Å². The maximum absolute atomic E-state index is 11.1. The molecule has 0 unspecified atom stereocenters. The summed E-state index contributed by atoms with van der Waals surface area (Å²) in [6.07, 6.45) is 0. The molecule has 0 aliphatic carbocycles. The van der Waals surface area contributed by atoms with Crippen LogP contribution in [0.4, 0.5) is 0 Å². The van der Waals surface area contributed by atoms with E-state index in [2.05, 4.69) is 15.6 Å². The van der Waals surface area contributed by atoms with Crippen LogP contribution in [0.1, 0.15) is 28.4 Å². The quantitative estimate of drug-likeness (QED) is 0.557. The van der Waals surface area contributed by atoms with Crippen LogP contribution in [0.2, 0.25) is 5.02 Å². The number of guanidine groups is 1. The number of carbonyl (C=O) groups excluding carboxylic acids is 1. The Morgan fingerprint density at radius 1 is 1.12 bits per heavy atom. The fourth-order valence-electron chi connectivity index (χ4n) is 2.11. The van der Waals surface area contributed by atoms with Crippen LogP contribution >= 0.6 is 11.6 Å². The number of halogens is 1. The van der Waals surface area contributed by atoms with E-state index in [1.165, 1.54) is 0 Å². The molecule has 0 spiro atoms. The van der Waals surface area contributed by atoms with E-state index in [4.69, 9.17) is 17.3 Å². The molecular formula is C18H21ClN4O. The van der Waals surface area contributed by atoms with Crippen molar-refractivity contribution in [1.82, 2.24) is 10.6 Å². The number of nitrogens with one attached hydrogen (secondary N) is 2. The van der Waals surface area contributed by atoms with Crippen LogP contribution in [0.15, 0.2) is 53.5 Å². The highest BCUT2D eigenvalue weighted by Gasteiger charge is 2.03. The van der Waals surface area contributed by atoms with Crippen molar-refractivity contribution in [3.05, 3.63) is 70.2 Å². The van der Waals surface area contributed by atoms with Crippen LogP contribution in [0.5, 0.6) is 0 Å². The van der Waals surface area contributed by atoms with E-state index in [0.29, 0.717) is 24.6 Å². The molecule has 1 amide bonds. The Morgan fingerprint density at radius 2 is 1.83 bits per heavy atom. The minimum Gasteiger partial charge on any atom is -0.366 e. The standard InChI is InChI=1S/C18H21ClN4O/c1-2-21-18(23-12-15-5-3-4-6-16(15)19)22-11-13-7-9-14(10-8-13)17(20)24/h3-10H,2,11-12H2,1H3,(H2,20,24)(H2,21,22,23). The summed E-state index contributed by atoms with van der Waals surface area (Å²) in [7, 11) is 0. The fourth-order valence-corrected chi connectivity index (χ4v) is 2.31. The maximum atomic E-state index is 11.1. The molecule has 5 nitrogen and oxygen atoms in total. The highest BCUT2D eigenvalue weighted by molar-refractivity contribution is 6.31. The molecule has 0 aliphatic rings. The number of amides is 1. The Morgan fingerprint density at radius 3 is 2.46 bits per heavy atom. The number of primary amides is 1. The van der Waals surface area contributed by atoms with Gasteiger partial charge in [0, 0.05) is 23.7 Å². The van der Waals surface area contributed by atoms with Gasteiger partial charge in [0.2, 0.25) is 5.91 Å². The second-order valence-corrected chi connectivity index (χ2v) is 5.61. The molecule has 2 aromatic carbocycles. The third-order valence-electron chi connectivity index (χ3n) is 3.41. The molecule has 0 saturated carbocycles. The van der Waals surface area contributed by atoms with Gasteiger partial charge in [-0.3, -0.25) is 4.79 Å². The number of nitrogens with zero attached hydrogens (tertiary/aromatic N) is 1. The third kappa shape index (κ3) is 5.28. The zero-order valence-electron chi connectivity index (χ0n) is 13.6. The SMILES string of the molecule is CCNC(=NCc1ccc(C(N)=O)cc1)NCc1ccccc1Cl. The first-order valence-corrected chi connectivity index (χ1v) is 8.12. The summed E-state index contributed by atoms with van der Waals surface area (Å²) in [5.41, 5.74) is 7.73. The molecule has 2 aromatic rings. The molecule has 0 aliphatic heterocycles. The summed E-state index contributed by atoms with van der Waals surface area (Å²) >= 11 is 6.16. The number of carbonyl (C=O) groups is 1. The normalized spacial score (nSPS) is 11.2. The lowest BCUT2D eigenvalue weighted by atomic mass is 10.1. The molecule has 126 valence electrons. The van der Waals surface area contributed by atoms with Crippen molar-refractivity contribution in [2.24, 2.45) is 10.7 Å². The molecular weight excluding hydrogens is 324 g/mol. The zero-order valence-corrected chi connectivity index (χ0v) is 14.3. The van der Waals surface area contributed by atoms with Gasteiger partial charge >= 0.3 is 0 Å². The zero-order chi connectivity index (χ0) is 17.4. The van der Waals surface area contributed by atoms with E-state index in [0.717, 1.165) is 22.7 Å². The van der Waals surface area contributed by atoms with E-state index in [1.54, 1.807) is 12.1 Å². The number of hydrogen-bond acceptors (Lipinski definition) is 2. The van der Waals surface area contributed by atoms with E-state index in [9.17, 15) is 4.79 Å². The van der Waals surface area contributed by atoms with Crippen LogP contribution in [-0.2, 0) is 13.1 Å². The van der Waals surface area contributed by atoms with E-state index >= 15 is 0 Å². The number of hydrogen-bond donors (Lipinski definition) is 3. The highest BCUT2D eigenvalue weighted by atomic mass is 35.5. The molecule has 0 saturated heterocycles. The highest BCUT2D eigenvalue weighted by Crippen LogP contribution is 2.14. The molecule has 0 heterocycles. The topological polar surface area (TPSA) is 79.5 Å². The summed E-state index contributed by atoms with van der Waals surface area (Å²) in [6, 6.07) is 14.8. The lowest BCUT2D eigenvalue weighted by Crippen LogP contribution is -2.36. The molecule has 24 heavy (non-hydrogen) atoms. The Kier molecular flexibility index (Phi) is 6.63. The molecule has 0 aromatic heterocycles. The van der Waals surface area contributed by atoms with Crippen LogP contribution < -0.4 is 16.4 Å². The minimum atomic E-state index is -0.431. The first kappa shape index (κ1) is 17.8. The monoisotopic (exact) mass is 344 g/mol. The maximum Gasteiger partial charge on any atom is 0.248 e. The van der Waals surface area contributed by atoms with Gasteiger partial charge in [-0.05, 0) is 36.2 Å². The van der Waals surface area contributed by atoms with Gasteiger partial charge in [-0.15, -0.1) is 0 Å². The minimum absolute atomic E-state index is 0.431. The average Bonchev–Trinajstić information content (AvgIpc) is 2.59. The van der Waals surface area contributed by atoms with E-state index < -0.39 is 5.91 Å². The average molecular weight is 345 g/mol. The van der Waals surface area contributed by atoms with Crippen LogP contribution in [0.3, 0.4) is 0 Å². The summed E-state index contributed by atoms with van der Waals surface area (Å²) < 4.78 is 0. The second kappa shape index (κ2) is 8.93. The molecule has 2 rings (SSSR count). The predicted octanol–water partition coefficient (Wildman–Crippen LogP) is 2.69. The molecule has 0 atom stereocenters. The Hall–Kier alpha value is -2.53. The fraction of sp³-hybridized carbons (Fsp3) is 0.222. The smallest absolute Gasteiger partial charge is 0.248 e. The summed E-state index contributed by atoms with van der Waals surface area (Å²) in [4.78, 5) is 15.6. The number of aliphatic imine (C=N–C) groups is 1. The van der Waals surface area contributed by atoms with Crippen molar-refractivity contribution in [2.75, 3.05) is 6.54 Å². The van der Waals surface area contributed by atoms with Gasteiger partial charge < -0.3 is 16.4 Å². The van der Waals surface area contributed by atoms with Crippen molar-refractivity contribution >= 4 is 23.5 Å². The third-order valence-corrected chi connectivity index (χ3v) is 3.78. The first-order chi connectivity index (χ1) is 11.6. The molecule has 0 radical (unpaired) electrons. The Balaban J connectivity index is 1.99. The van der Waals surface area contributed by atoms with Gasteiger partial charge in [-0.1, -0.05) is 41.9 Å². The van der Waals surface area contributed by atoms with Crippen LogP contribution in [0.25, 0.3) is 0 Å². The van der Waals surface area contributed by atoms with Crippen molar-refractivity contribution in [1.29, 1.82) is 0 Å². The van der Waals surface area contributed by atoms with Gasteiger partial charge in [0.1, 0.15) is 0 Å². The van der Waals surface area contributed by atoms with Crippen molar-refractivity contribution in [3.63, 3.8) is 0 Å². The van der Waals surface area contributed by atoms with E-state index in [1.807, 2.05) is 43.3 Å². The second-order valence-electron chi connectivity index (χ2n) is 5.20. The van der Waals surface area contributed by atoms with Crippen LogP contribution in [-0.4, -0.2) is 18.4 Å². The predicted molar refractivity (Wildman–Crippen MR) is 98.1 cm³/mol. The van der Waals surface area contributed by atoms with E-state index in [-0.39, 0.29) is 0 Å². The van der Waals surface area contributed by atoms with Crippen molar-refractivity contribution in [3.8, 4) is 0 Å². The number of rotatable bonds is 6. The molecule has 0 fully saturated rings. The summed E-state index contributed by atoms with van der Waals surface area (Å²) in [5, 5.41) is 7.18. The lowest BCUT2D eigenvalue weighted by molar-refractivity contribution is 0.100. The first-order valence-electron chi connectivity index (χ1n) is 7.74. The molecule has 6 heteroatoms. The number of benzene rings is 2. The van der Waals surface area contributed by atoms with Gasteiger partial charge in [0.05, 0.1) is 6.54 Å². The van der Waals surface area contributed by atoms with Crippen molar-refractivity contribution in [2.45, 2.75) is 20.0 Å². The summed E-state index contributed by atoms with van der Waals surface area (Å²) in [5.74, 6) is 0.274. The Bertz CT molecular complexity index is 713. The Labute approximate surface area is 146 Å². The molecule has 0 bridgehead atoms. The van der Waals surface area contributed by atoms with Gasteiger partial charge in [-0.25, -0.2) is 4.99 Å². The lowest BCUT2D eigenvalue weighted by Gasteiger charge is -2.12. The van der Waals surface area contributed by atoms with Crippen molar-refractivity contribution < 1.29 is 4.79 Å². The van der Waals surface area contributed by atoms with Gasteiger partial charge in [-0.2, -0.15) is 0 Å².